The topological polar surface area (TPSA) is 137 Å². The summed E-state index contributed by atoms with van der Waals surface area (Å²) in [5.41, 5.74) is 4.70. The lowest BCUT2D eigenvalue weighted by molar-refractivity contribution is -0.116. The fourth-order valence-corrected chi connectivity index (χ4v) is 6.83. The number of ether oxygens (including phenoxy) is 2. The number of thiophene rings is 1. The quantitative estimate of drug-likeness (QED) is 0.142. The number of carbonyl (C=O) groups is 3. The molecule has 0 unspecified atom stereocenters. The van der Waals surface area contributed by atoms with E-state index in [1.165, 1.54) is 7.11 Å². The van der Waals surface area contributed by atoms with E-state index in [0.29, 0.717) is 52.9 Å². The zero-order valence-corrected chi connectivity index (χ0v) is 29.6. The van der Waals surface area contributed by atoms with Gasteiger partial charge in [-0.05, 0) is 95.8 Å². The maximum Gasteiger partial charge on any atom is 0.407 e. The van der Waals surface area contributed by atoms with Gasteiger partial charge in [-0.1, -0.05) is 23.7 Å². The Labute approximate surface area is 288 Å². The highest BCUT2D eigenvalue weighted by molar-refractivity contribution is 7.15. The third kappa shape index (κ3) is 7.77. The maximum absolute atomic E-state index is 13.7. The Hall–Kier alpha value is -4.55. The van der Waals surface area contributed by atoms with Crippen molar-refractivity contribution in [3.8, 4) is 5.00 Å². The van der Waals surface area contributed by atoms with Gasteiger partial charge in [-0.25, -0.2) is 9.59 Å². The van der Waals surface area contributed by atoms with Crippen molar-refractivity contribution in [2.75, 3.05) is 19.0 Å². The maximum atomic E-state index is 13.7. The molecule has 13 heteroatoms. The van der Waals surface area contributed by atoms with E-state index in [1.54, 1.807) is 50.3 Å². The molecule has 2 N–H and O–H groups in total. The molecule has 0 saturated carbocycles. The van der Waals surface area contributed by atoms with Crippen LogP contribution in [0.4, 0.5) is 10.5 Å². The molecule has 0 bridgehead atoms. The second kappa shape index (κ2) is 14.3. The molecule has 0 saturated heterocycles. The first-order valence-corrected chi connectivity index (χ1v) is 16.8. The van der Waals surface area contributed by atoms with E-state index in [1.807, 2.05) is 35.8 Å². The zero-order chi connectivity index (χ0) is 34.7. The van der Waals surface area contributed by atoms with Gasteiger partial charge in [0.1, 0.15) is 22.5 Å². The highest BCUT2D eigenvalue weighted by Gasteiger charge is 2.32. The smallest absolute Gasteiger partial charge is 0.407 e. The number of esters is 1. The molecule has 252 valence electrons. The van der Waals surface area contributed by atoms with Gasteiger partial charge < -0.3 is 20.1 Å². The molecule has 0 aliphatic carbocycles. The van der Waals surface area contributed by atoms with Gasteiger partial charge >= 0.3 is 12.1 Å². The Balaban J connectivity index is 1.40. The number of rotatable bonds is 9. The van der Waals surface area contributed by atoms with Gasteiger partial charge in [0.15, 0.2) is 5.82 Å². The van der Waals surface area contributed by atoms with Crippen molar-refractivity contribution in [3.63, 3.8) is 0 Å². The third-order valence-electron chi connectivity index (χ3n) is 7.82. The molecule has 0 fully saturated rings. The summed E-state index contributed by atoms with van der Waals surface area (Å²) < 4.78 is 12.3. The van der Waals surface area contributed by atoms with E-state index in [0.717, 1.165) is 32.3 Å². The van der Waals surface area contributed by atoms with E-state index in [2.05, 4.69) is 34.7 Å². The van der Waals surface area contributed by atoms with Crippen molar-refractivity contribution < 1.29 is 23.9 Å². The number of halogens is 1. The number of hydrogen-bond acceptors (Lipinski definition) is 9. The Bertz CT molecular complexity index is 1890. The number of nitrogens with one attached hydrogen (secondary N) is 2. The van der Waals surface area contributed by atoms with E-state index in [4.69, 9.17) is 26.1 Å². The van der Waals surface area contributed by atoms with Crippen LogP contribution in [0.3, 0.4) is 0 Å². The van der Waals surface area contributed by atoms with E-state index in [-0.39, 0.29) is 12.3 Å². The number of anilines is 1. The largest absolute Gasteiger partial charge is 0.465 e. The minimum absolute atomic E-state index is 0.00388. The predicted molar refractivity (Wildman–Crippen MR) is 187 cm³/mol. The lowest BCUT2D eigenvalue weighted by Crippen LogP contribution is -2.33. The Morgan fingerprint density at radius 3 is 2.46 bits per heavy atom. The van der Waals surface area contributed by atoms with Crippen LogP contribution in [0.2, 0.25) is 5.02 Å². The first-order chi connectivity index (χ1) is 22.8. The molecule has 2 aromatic heterocycles. The average Bonchev–Trinajstić information content (AvgIpc) is 3.50. The van der Waals surface area contributed by atoms with Gasteiger partial charge in [-0.2, -0.15) is 0 Å². The summed E-state index contributed by atoms with van der Waals surface area (Å²) in [6.45, 7) is 11.8. The number of methoxy groups -OCH3 is 1. The van der Waals surface area contributed by atoms with Crippen LogP contribution in [0.1, 0.15) is 88.8 Å². The van der Waals surface area contributed by atoms with Crippen molar-refractivity contribution in [1.82, 2.24) is 20.1 Å². The Morgan fingerprint density at radius 2 is 1.77 bits per heavy atom. The highest BCUT2D eigenvalue weighted by atomic mass is 35.5. The molecule has 1 atom stereocenters. The summed E-state index contributed by atoms with van der Waals surface area (Å²) in [5.74, 6) is 0.508. The molecule has 5 rings (SSSR count). The van der Waals surface area contributed by atoms with E-state index >= 15 is 0 Å². The molecule has 1 aliphatic heterocycles. The van der Waals surface area contributed by atoms with Crippen LogP contribution in [-0.2, 0) is 20.7 Å². The van der Waals surface area contributed by atoms with Crippen LogP contribution in [-0.4, -0.2) is 57.7 Å². The number of aliphatic imine (C=N–C) groups is 1. The molecule has 1 aliphatic rings. The second-order valence-corrected chi connectivity index (χ2v) is 14.2. The fourth-order valence-electron chi connectivity index (χ4n) is 5.49. The predicted octanol–water partition coefficient (Wildman–Crippen LogP) is 7.07. The minimum atomic E-state index is -0.635. The second-order valence-electron chi connectivity index (χ2n) is 12.6. The van der Waals surface area contributed by atoms with Crippen molar-refractivity contribution in [2.45, 2.75) is 72.4 Å². The van der Waals surface area contributed by atoms with Crippen molar-refractivity contribution in [1.29, 1.82) is 0 Å². The van der Waals surface area contributed by atoms with Crippen LogP contribution in [0, 0.1) is 20.8 Å². The van der Waals surface area contributed by atoms with E-state index < -0.39 is 23.7 Å². The molecule has 2 aromatic carbocycles. The third-order valence-corrected chi connectivity index (χ3v) is 9.27. The number of aryl methyl sites for hydroxylation is 3. The van der Waals surface area contributed by atoms with Crippen LogP contribution in [0.15, 0.2) is 47.5 Å². The number of hydrogen-bond donors (Lipinski definition) is 2. The number of carbonyl (C=O) groups excluding carboxylic acids is 3. The lowest BCUT2D eigenvalue weighted by atomic mass is 9.99. The van der Waals surface area contributed by atoms with Gasteiger partial charge in [0.25, 0.3) is 0 Å². The molecule has 4 aromatic rings. The molecule has 0 spiro atoms. The number of benzene rings is 2. The standard InChI is InChI=1S/C35H39ClN6O5S/c1-19-20(2)48-32-29(19)30(22-10-12-24(36)13-11-22)39-27(31-41-40-21(3)42(31)32)18-28(43)38-25-14-15-26(33(44)46-7)23(17-25)9-8-16-37-34(45)47-35(4,5)6/h10-15,17,27H,8-9,16,18H2,1-7H3,(H,37,45)(H,38,43)/t27-/m0/s1. The highest BCUT2D eigenvalue weighted by Crippen LogP contribution is 2.39. The van der Waals surface area contributed by atoms with Gasteiger partial charge in [0.05, 0.1) is 24.8 Å². The van der Waals surface area contributed by atoms with Gasteiger partial charge in [-0.15, -0.1) is 21.5 Å². The number of fused-ring (bicyclic) bond motifs is 3. The molecule has 3 heterocycles. The molecule has 2 amide bonds. The summed E-state index contributed by atoms with van der Waals surface area (Å²) in [7, 11) is 1.32. The first-order valence-electron chi connectivity index (χ1n) is 15.6. The van der Waals surface area contributed by atoms with Gasteiger partial charge in [0, 0.05) is 33.3 Å². The Kier molecular flexibility index (Phi) is 10.4. The Morgan fingerprint density at radius 1 is 1.04 bits per heavy atom. The fraction of sp³-hybridized carbons (Fsp3) is 0.371. The summed E-state index contributed by atoms with van der Waals surface area (Å²) >= 11 is 7.87. The molecule has 0 radical (unpaired) electrons. The van der Waals surface area contributed by atoms with Gasteiger partial charge in [-0.3, -0.25) is 14.4 Å². The van der Waals surface area contributed by atoms with Gasteiger partial charge in [0.2, 0.25) is 5.91 Å². The van der Waals surface area contributed by atoms with Crippen LogP contribution < -0.4 is 10.6 Å². The van der Waals surface area contributed by atoms with Crippen molar-refractivity contribution in [3.05, 3.63) is 91.8 Å². The number of alkyl carbamates (subject to hydrolysis) is 1. The molecular weight excluding hydrogens is 652 g/mol. The van der Waals surface area contributed by atoms with Crippen molar-refractivity contribution in [2.24, 2.45) is 4.99 Å². The molecule has 48 heavy (non-hydrogen) atoms. The van der Waals surface area contributed by atoms with Crippen LogP contribution in [0.5, 0.6) is 0 Å². The number of amides is 2. The van der Waals surface area contributed by atoms with Crippen LogP contribution in [0.25, 0.3) is 5.00 Å². The van der Waals surface area contributed by atoms with E-state index in [9.17, 15) is 14.4 Å². The minimum Gasteiger partial charge on any atom is -0.465 e. The zero-order valence-electron chi connectivity index (χ0n) is 28.1. The number of nitrogens with zero attached hydrogens (tertiary/aromatic N) is 4. The summed E-state index contributed by atoms with van der Waals surface area (Å²) in [6.07, 6.45) is 0.465. The summed E-state index contributed by atoms with van der Waals surface area (Å²) in [6, 6.07) is 11.9. The van der Waals surface area contributed by atoms with Crippen molar-refractivity contribution >= 4 is 52.3 Å². The SMILES string of the molecule is COC(=O)c1ccc(NC(=O)C[C@@H]2N=C(c3ccc(Cl)cc3)c3c(sc(C)c3C)-n3c(C)nnc32)cc1CCCNC(=O)OC(C)(C)C. The molecular formula is C35H39ClN6O5S. The molecule has 11 nitrogen and oxygen atoms in total. The monoisotopic (exact) mass is 690 g/mol. The first kappa shape index (κ1) is 34.8. The average molecular weight is 691 g/mol. The van der Waals surface area contributed by atoms with Crippen LogP contribution >= 0.6 is 22.9 Å². The number of aromatic nitrogens is 3. The lowest BCUT2D eigenvalue weighted by Gasteiger charge is -2.19. The normalized spacial score (nSPS) is 13.9. The summed E-state index contributed by atoms with van der Waals surface area (Å²) in [4.78, 5) is 44.6. The summed E-state index contributed by atoms with van der Waals surface area (Å²) in [5, 5.41) is 16.1.